The Hall–Kier alpha value is -3.41. The molecule has 0 fully saturated rings. The minimum absolute atomic E-state index is 0.0520. The maximum absolute atomic E-state index is 13.6. The number of amides is 1. The van der Waals surface area contributed by atoms with E-state index in [1.165, 1.54) is 12.1 Å². The number of nitrogens with one attached hydrogen (secondary N) is 2. The van der Waals surface area contributed by atoms with Crippen molar-refractivity contribution < 1.29 is 18.7 Å². The van der Waals surface area contributed by atoms with Crippen LogP contribution < -0.4 is 15.4 Å². The first-order valence-corrected chi connectivity index (χ1v) is 10.5. The highest BCUT2D eigenvalue weighted by atomic mass is 19.1. The van der Waals surface area contributed by atoms with E-state index in [0.717, 1.165) is 29.9 Å². The highest BCUT2D eigenvalue weighted by Crippen LogP contribution is 2.42. The second-order valence-electron chi connectivity index (χ2n) is 7.73. The Kier molecular flexibility index (Phi) is 5.89. The van der Waals surface area contributed by atoms with E-state index in [-0.39, 0.29) is 11.7 Å². The summed E-state index contributed by atoms with van der Waals surface area (Å²) in [6, 6.07) is 13.3. The molecule has 1 heterocycles. The molecule has 0 unspecified atom stereocenters. The van der Waals surface area contributed by atoms with Crippen molar-refractivity contribution in [2.24, 2.45) is 0 Å². The molecule has 0 saturated heterocycles. The van der Waals surface area contributed by atoms with Crippen LogP contribution >= 0.6 is 0 Å². The van der Waals surface area contributed by atoms with Gasteiger partial charge in [-0.05, 0) is 62.6 Å². The lowest BCUT2D eigenvalue weighted by Gasteiger charge is -2.34. The zero-order chi connectivity index (χ0) is 22.0. The number of allylic oxidation sites excluding steroid dienone is 3. The van der Waals surface area contributed by atoms with Crippen molar-refractivity contribution in [1.29, 1.82) is 0 Å². The summed E-state index contributed by atoms with van der Waals surface area (Å²) in [6.45, 7) is 4.31. The van der Waals surface area contributed by atoms with Gasteiger partial charge in [0.1, 0.15) is 11.6 Å². The van der Waals surface area contributed by atoms with Crippen molar-refractivity contribution in [3.63, 3.8) is 0 Å². The second kappa shape index (κ2) is 8.76. The van der Waals surface area contributed by atoms with Gasteiger partial charge in [0.05, 0.1) is 6.61 Å². The van der Waals surface area contributed by atoms with E-state index in [4.69, 9.17) is 4.74 Å². The molecule has 0 radical (unpaired) electrons. The summed E-state index contributed by atoms with van der Waals surface area (Å²) in [5, 5.41) is 6.08. The smallest absolute Gasteiger partial charge is 0.254 e. The van der Waals surface area contributed by atoms with Gasteiger partial charge in [-0.25, -0.2) is 4.39 Å². The predicted octanol–water partition coefficient (Wildman–Crippen LogP) is 4.83. The van der Waals surface area contributed by atoms with Crippen molar-refractivity contribution in [1.82, 2.24) is 5.32 Å². The lowest BCUT2D eigenvalue weighted by atomic mass is 9.75. The van der Waals surface area contributed by atoms with Gasteiger partial charge >= 0.3 is 0 Å². The number of dihydropyridines is 1. The molecule has 0 spiro atoms. The quantitative estimate of drug-likeness (QED) is 0.727. The summed E-state index contributed by atoms with van der Waals surface area (Å²) >= 11 is 0. The largest absolute Gasteiger partial charge is 0.494 e. The van der Waals surface area contributed by atoms with E-state index in [1.54, 1.807) is 12.1 Å². The molecule has 1 aliphatic carbocycles. The first kappa shape index (κ1) is 20.8. The number of ether oxygens (including phenoxy) is 1. The number of hydrogen-bond acceptors (Lipinski definition) is 4. The molecular weight excluding hydrogens is 395 g/mol. The van der Waals surface area contributed by atoms with Crippen LogP contribution in [-0.4, -0.2) is 18.3 Å². The van der Waals surface area contributed by atoms with E-state index in [0.29, 0.717) is 35.6 Å². The molecule has 2 aromatic rings. The predicted molar refractivity (Wildman–Crippen MR) is 117 cm³/mol. The van der Waals surface area contributed by atoms with E-state index >= 15 is 0 Å². The lowest BCUT2D eigenvalue weighted by Crippen LogP contribution is -2.35. The molecular formula is C25H25FN2O3. The zero-order valence-corrected chi connectivity index (χ0v) is 17.6. The van der Waals surface area contributed by atoms with Gasteiger partial charge in [-0.15, -0.1) is 0 Å². The third-order valence-corrected chi connectivity index (χ3v) is 5.63. The molecule has 0 aromatic heterocycles. The number of benzene rings is 2. The molecule has 1 aliphatic heterocycles. The Bertz CT molecular complexity index is 1090. The molecule has 6 heteroatoms. The number of rotatable bonds is 5. The highest BCUT2D eigenvalue weighted by molar-refractivity contribution is 6.09. The Morgan fingerprint density at radius 1 is 1.19 bits per heavy atom. The van der Waals surface area contributed by atoms with Crippen LogP contribution in [0.4, 0.5) is 10.1 Å². The fourth-order valence-electron chi connectivity index (χ4n) is 4.31. The first-order chi connectivity index (χ1) is 15.0. The molecule has 1 amide bonds. The average Bonchev–Trinajstić information content (AvgIpc) is 2.74. The Labute approximate surface area is 181 Å². The molecule has 1 atom stereocenters. The van der Waals surface area contributed by atoms with Gasteiger partial charge in [-0.2, -0.15) is 0 Å². The minimum atomic E-state index is -0.492. The van der Waals surface area contributed by atoms with E-state index in [1.807, 2.05) is 38.1 Å². The van der Waals surface area contributed by atoms with Crippen LogP contribution in [0.25, 0.3) is 0 Å². The highest BCUT2D eigenvalue weighted by Gasteiger charge is 2.38. The monoisotopic (exact) mass is 420 g/mol. The Morgan fingerprint density at radius 2 is 1.97 bits per heavy atom. The van der Waals surface area contributed by atoms with Crippen LogP contribution in [0.3, 0.4) is 0 Å². The topological polar surface area (TPSA) is 67.4 Å². The van der Waals surface area contributed by atoms with Crippen molar-refractivity contribution in [3.8, 4) is 5.75 Å². The van der Waals surface area contributed by atoms with Crippen LogP contribution in [0.2, 0.25) is 0 Å². The van der Waals surface area contributed by atoms with E-state index in [9.17, 15) is 14.0 Å². The maximum atomic E-state index is 13.6. The summed E-state index contributed by atoms with van der Waals surface area (Å²) in [5.41, 5.74) is 3.89. The molecule has 2 aromatic carbocycles. The van der Waals surface area contributed by atoms with Gasteiger partial charge in [-0.3, -0.25) is 9.59 Å². The minimum Gasteiger partial charge on any atom is -0.494 e. The Balaban J connectivity index is 1.75. The fraction of sp³-hybridized carbons (Fsp3) is 0.280. The zero-order valence-electron chi connectivity index (χ0n) is 17.6. The Morgan fingerprint density at radius 3 is 2.68 bits per heavy atom. The summed E-state index contributed by atoms with van der Waals surface area (Å²) in [6.07, 6.45) is 2.02. The van der Waals surface area contributed by atoms with Gasteiger partial charge in [-0.1, -0.05) is 18.2 Å². The van der Waals surface area contributed by atoms with Gasteiger partial charge in [0, 0.05) is 40.6 Å². The number of anilines is 1. The number of halogens is 1. The maximum Gasteiger partial charge on any atom is 0.254 e. The van der Waals surface area contributed by atoms with Crippen LogP contribution in [0.15, 0.2) is 71.1 Å². The lowest BCUT2D eigenvalue weighted by molar-refractivity contribution is -0.116. The molecule has 4 rings (SSSR count). The first-order valence-electron chi connectivity index (χ1n) is 10.5. The molecule has 31 heavy (non-hydrogen) atoms. The summed E-state index contributed by atoms with van der Waals surface area (Å²) in [5.74, 6) is -0.500. The molecule has 2 N–H and O–H groups in total. The average molecular weight is 420 g/mol. The van der Waals surface area contributed by atoms with Crippen LogP contribution in [0, 0.1) is 5.82 Å². The normalized spacial score (nSPS) is 18.4. The molecule has 0 saturated carbocycles. The summed E-state index contributed by atoms with van der Waals surface area (Å²) in [4.78, 5) is 26.3. The number of ketones is 1. The van der Waals surface area contributed by atoms with Crippen LogP contribution in [0.5, 0.6) is 5.75 Å². The molecule has 2 aliphatic rings. The number of carbonyl (C=O) groups is 2. The number of carbonyl (C=O) groups excluding carboxylic acids is 2. The van der Waals surface area contributed by atoms with Gasteiger partial charge < -0.3 is 15.4 Å². The van der Waals surface area contributed by atoms with Crippen molar-refractivity contribution in [3.05, 3.63) is 82.5 Å². The summed E-state index contributed by atoms with van der Waals surface area (Å²) < 4.78 is 19.2. The SMILES string of the molecule is CCOc1ccc([C@H]2C(C(=O)Nc3cccc(F)c3)=C(C)NC3=C2C(=O)CCC3)cc1. The molecule has 5 nitrogen and oxygen atoms in total. The van der Waals surface area contributed by atoms with Crippen LogP contribution in [-0.2, 0) is 9.59 Å². The number of Topliss-reactive ketones (excluding diaryl/α,β-unsaturated/α-hetero) is 1. The van der Waals surface area contributed by atoms with Gasteiger partial charge in [0.2, 0.25) is 0 Å². The molecule has 160 valence electrons. The van der Waals surface area contributed by atoms with E-state index < -0.39 is 11.7 Å². The second-order valence-corrected chi connectivity index (χ2v) is 7.73. The van der Waals surface area contributed by atoms with Gasteiger partial charge in [0.25, 0.3) is 5.91 Å². The third-order valence-electron chi connectivity index (χ3n) is 5.63. The van der Waals surface area contributed by atoms with Crippen molar-refractivity contribution in [2.75, 3.05) is 11.9 Å². The standard InChI is InChI=1S/C25H25FN2O3/c1-3-31-19-12-10-16(11-13-19)23-22(25(30)28-18-7-4-6-17(26)14-18)15(2)27-20-8-5-9-21(29)24(20)23/h4,6-7,10-14,23,27H,3,5,8-9H2,1-2H3,(H,28,30)/t23-/m0/s1. The van der Waals surface area contributed by atoms with Crippen molar-refractivity contribution >= 4 is 17.4 Å². The van der Waals surface area contributed by atoms with Crippen LogP contribution in [0.1, 0.15) is 44.6 Å². The third kappa shape index (κ3) is 4.24. The van der Waals surface area contributed by atoms with Gasteiger partial charge in [0.15, 0.2) is 5.78 Å². The van der Waals surface area contributed by atoms with E-state index in [2.05, 4.69) is 10.6 Å². The summed E-state index contributed by atoms with van der Waals surface area (Å²) in [7, 11) is 0. The number of hydrogen-bond donors (Lipinski definition) is 2. The fourth-order valence-corrected chi connectivity index (χ4v) is 4.31. The van der Waals surface area contributed by atoms with Crippen molar-refractivity contribution in [2.45, 2.75) is 39.0 Å². The molecule has 0 bridgehead atoms.